The highest BCUT2D eigenvalue weighted by molar-refractivity contribution is 5.89. The zero-order chi connectivity index (χ0) is 15.3. The molecule has 0 saturated heterocycles. The first kappa shape index (κ1) is 16.6. The lowest BCUT2D eigenvalue weighted by Gasteiger charge is -2.36. The Hall–Kier alpha value is -0.740. The molecule has 4 heteroatoms. The highest BCUT2D eigenvalue weighted by Crippen LogP contribution is 2.32. The number of hydrogen-bond acceptors (Lipinski definition) is 4. The monoisotopic (exact) mass is 294 g/mol. The molecule has 2 aliphatic rings. The second-order valence-corrected chi connectivity index (χ2v) is 6.84. The van der Waals surface area contributed by atoms with E-state index in [0.717, 1.165) is 51.4 Å². The summed E-state index contributed by atoms with van der Waals surface area (Å²) in [6.07, 6.45) is 10.0. The van der Waals surface area contributed by atoms with Gasteiger partial charge in [-0.25, -0.2) is 0 Å². The largest absolute Gasteiger partial charge is 0.308 e. The van der Waals surface area contributed by atoms with Crippen LogP contribution in [-0.4, -0.2) is 36.2 Å². The van der Waals surface area contributed by atoms with Crippen molar-refractivity contribution in [3.05, 3.63) is 0 Å². The molecule has 0 heterocycles. The van der Waals surface area contributed by atoms with Gasteiger partial charge >= 0.3 is 0 Å². The Morgan fingerprint density at radius 3 is 1.95 bits per heavy atom. The first-order valence-corrected chi connectivity index (χ1v) is 8.53. The van der Waals surface area contributed by atoms with Crippen LogP contribution < -0.4 is 10.6 Å². The van der Waals surface area contributed by atoms with E-state index in [2.05, 4.69) is 10.6 Å². The van der Waals surface area contributed by atoms with Crippen LogP contribution in [0.4, 0.5) is 0 Å². The minimum atomic E-state index is -0.360. The van der Waals surface area contributed by atoms with Gasteiger partial charge in [0, 0.05) is 13.0 Å². The summed E-state index contributed by atoms with van der Waals surface area (Å²) in [4.78, 5) is 24.5. The SMILES string of the molecule is CNC1(C(=O)CCNC2(C(C)=O)CCCCC2)CCCC1. The van der Waals surface area contributed by atoms with E-state index in [0.29, 0.717) is 18.7 Å². The fourth-order valence-electron chi connectivity index (χ4n) is 4.11. The molecule has 0 bridgehead atoms. The number of nitrogens with one attached hydrogen (secondary N) is 2. The summed E-state index contributed by atoms with van der Waals surface area (Å²) >= 11 is 0. The van der Waals surface area contributed by atoms with Gasteiger partial charge in [-0.15, -0.1) is 0 Å². The molecule has 2 N–H and O–H groups in total. The molecule has 120 valence electrons. The average Bonchev–Trinajstić information content (AvgIpc) is 2.98. The van der Waals surface area contributed by atoms with Crippen molar-refractivity contribution in [1.29, 1.82) is 0 Å². The normalized spacial score (nSPS) is 23.9. The Morgan fingerprint density at radius 2 is 1.43 bits per heavy atom. The summed E-state index contributed by atoms with van der Waals surface area (Å²) < 4.78 is 0. The van der Waals surface area contributed by atoms with Crippen LogP contribution in [0.15, 0.2) is 0 Å². The second-order valence-electron chi connectivity index (χ2n) is 6.84. The Labute approximate surface area is 128 Å². The van der Waals surface area contributed by atoms with Gasteiger partial charge in [-0.05, 0) is 39.7 Å². The minimum absolute atomic E-state index is 0.235. The molecule has 0 radical (unpaired) electrons. The number of carbonyl (C=O) groups is 2. The van der Waals surface area contributed by atoms with Crippen molar-refractivity contribution in [2.45, 2.75) is 82.2 Å². The van der Waals surface area contributed by atoms with E-state index in [1.54, 1.807) is 6.92 Å². The Morgan fingerprint density at radius 1 is 0.905 bits per heavy atom. The lowest BCUT2D eigenvalue weighted by molar-refractivity contribution is -0.127. The van der Waals surface area contributed by atoms with Gasteiger partial charge < -0.3 is 10.6 Å². The standard InChI is InChI=1S/C17H30N2O2/c1-14(20)16(9-4-3-5-10-16)19-13-8-15(21)17(18-2)11-6-7-12-17/h18-19H,3-13H2,1-2H3. The van der Waals surface area contributed by atoms with E-state index < -0.39 is 0 Å². The molecule has 4 nitrogen and oxygen atoms in total. The van der Waals surface area contributed by atoms with Gasteiger partial charge in [0.05, 0.1) is 11.1 Å². The van der Waals surface area contributed by atoms with Gasteiger partial charge in [0.15, 0.2) is 5.78 Å². The molecule has 2 aliphatic carbocycles. The smallest absolute Gasteiger partial charge is 0.154 e. The topological polar surface area (TPSA) is 58.2 Å². The van der Waals surface area contributed by atoms with Crippen LogP contribution in [0.5, 0.6) is 0 Å². The molecule has 0 aliphatic heterocycles. The first-order valence-electron chi connectivity index (χ1n) is 8.53. The third-order valence-electron chi connectivity index (χ3n) is 5.67. The fraction of sp³-hybridized carbons (Fsp3) is 0.882. The number of hydrogen-bond donors (Lipinski definition) is 2. The summed E-state index contributed by atoms with van der Waals surface area (Å²) in [5.41, 5.74) is -0.654. The molecule has 2 rings (SSSR count). The molecule has 0 amide bonds. The van der Waals surface area contributed by atoms with Crippen molar-refractivity contribution in [2.75, 3.05) is 13.6 Å². The third kappa shape index (κ3) is 3.54. The lowest BCUT2D eigenvalue weighted by Crippen LogP contribution is -2.54. The quantitative estimate of drug-likeness (QED) is 0.757. The van der Waals surface area contributed by atoms with Crippen molar-refractivity contribution < 1.29 is 9.59 Å². The van der Waals surface area contributed by atoms with E-state index in [-0.39, 0.29) is 16.9 Å². The number of likely N-dealkylation sites (N-methyl/N-ethyl adjacent to an activating group) is 1. The van der Waals surface area contributed by atoms with Gasteiger partial charge in [-0.1, -0.05) is 32.1 Å². The van der Waals surface area contributed by atoms with E-state index in [9.17, 15) is 9.59 Å². The first-order chi connectivity index (χ1) is 10.0. The van der Waals surface area contributed by atoms with Crippen LogP contribution in [-0.2, 0) is 9.59 Å². The van der Waals surface area contributed by atoms with Gasteiger partial charge in [-0.2, -0.15) is 0 Å². The van der Waals surface area contributed by atoms with E-state index in [4.69, 9.17) is 0 Å². The highest BCUT2D eigenvalue weighted by atomic mass is 16.1. The molecule has 0 spiro atoms. The predicted molar refractivity (Wildman–Crippen MR) is 84.4 cm³/mol. The summed E-state index contributed by atoms with van der Waals surface area (Å²) in [7, 11) is 1.90. The predicted octanol–water partition coefficient (Wildman–Crippen LogP) is 2.36. The van der Waals surface area contributed by atoms with Gasteiger partial charge in [0.25, 0.3) is 0 Å². The maximum atomic E-state index is 12.5. The van der Waals surface area contributed by atoms with E-state index >= 15 is 0 Å². The minimum Gasteiger partial charge on any atom is -0.308 e. The molecular formula is C17H30N2O2. The van der Waals surface area contributed by atoms with E-state index in [1.807, 2.05) is 7.05 Å². The third-order valence-corrected chi connectivity index (χ3v) is 5.67. The summed E-state index contributed by atoms with van der Waals surface area (Å²) in [6, 6.07) is 0. The lowest BCUT2D eigenvalue weighted by atomic mass is 9.78. The molecule has 21 heavy (non-hydrogen) atoms. The second kappa shape index (κ2) is 7.01. The van der Waals surface area contributed by atoms with Crippen molar-refractivity contribution >= 4 is 11.6 Å². The summed E-state index contributed by atoms with van der Waals surface area (Å²) in [5.74, 6) is 0.545. The Kier molecular flexibility index (Phi) is 5.55. The van der Waals surface area contributed by atoms with Crippen LogP contribution in [0.3, 0.4) is 0 Å². The fourth-order valence-corrected chi connectivity index (χ4v) is 4.11. The van der Waals surface area contributed by atoms with Crippen LogP contribution >= 0.6 is 0 Å². The number of rotatable bonds is 7. The molecule has 0 aromatic rings. The van der Waals surface area contributed by atoms with Crippen molar-refractivity contribution in [2.24, 2.45) is 0 Å². The maximum Gasteiger partial charge on any atom is 0.154 e. The molecule has 2 saturated carbocycles. The summed E-state index contributed by atoms with van der Waals surface area (Å²) in [6.45, 7) is 2.31. The van der Waals surface area contributed by atoms with Crippen LogP contribution in [0.2, 0.25) is 0 Å². The van der Waals surface area contributed by atoms with Crippen LogP contribution in [0, 0.1) is 0 Å². The molecular weight excluding hydrogens is 264 g/mol. The van der Waals surface area contributed by atoms with E-state index in [1.165, 1.54) is 6.42 Å². The van der Waals surface area contributed by atoms with Gasteiger partial charge in [0.1, 0.15) is 5.78 Å². The molecule has 0 unspecified atom stereocenters. The van der Waals surface area contributed by atoms with Crippen molar-refractivity contribution in [3.63, 3.8) is 0 Å². The zero-order valence-electron chi connectivity index (χ0n) is 13.6. The molecule has 0 atom stereocenters. The molecule has 0 aromatic carbocycles. The number of Topliss-reactive ketones (excluding diaryl/α,β-unsaturated/α-hetero) is 2. The molecule has 0 aromatic heterocycles. The highest BCUT2D eigenvalue weighted by Gasteiger charge is 2.40. The van der Waals surface area contributed by atoms with Crippen molar-refractivity contribution in [3.8, 4) is 0 Å². The maximum absolute atomic E-state index is 12.5. The Bertz CT molecular complexity index is 380. The van der Waals surface area contributed by atoms with Crippen molar-refractivity contribution in [1.82, 2.24) is 10.6 Å². The van der Waals surface area contributed by atoms with Crippen LogP contribution in [0.1, 0.15) is 71.1 Å². The molecule has 2 fully saturated rings. The Balaban J connectivity index is 1.87. The number of carbonyl (C=O) groups excluding carboxylic acids is 2. The van der Waals surface area contributed by atoms with Gasteiger partial charge in [0.2, 0.25) is 0 Å². The number of ketones is 2. The van der Waals surface area contributed by atoms with Gasteiger partial charge in [-0.3, -0.25) is 9.59 Å². The zero-order valence-corrected chi connectivity index (χ0v) is 13.6. The average molecular weight is 294 g/mol. The van der Waals surface area contributed by atoms with Crippen LogP contribution in [0.25, 0.3) is 0 Å². The summed E-state index contributed by atoms with van der Waals surface area (Å²) in [5, 5.41) is 6.69.